The van der Waals surface area contributed by atoms with Gasteiger partial charge in [-0.25, -0.2) is 8.42 Å². The molecule has 1 atom stereocenters. The van der Waals surface area contributed by atoms with Crippen LogP contribution in [0.25, 0.3) is 0 Å². The average molecular weight is 263 g/mol. The van der Waals surface area contributed by atoms with Gasteiger partial charge in [-0.05, 0) is 25.2 Å². The molecule has 0 aliphatic heterocycles. The Labute approximate surface area is 100 Å². The third-order valence-corrected chi connectivity index (χ3v) is 3.95. The highest BCUT2D eigenvalue weighted by Crippen LogP contribution is 2.49. The molecule has 0 aromatic carbocycles. The minimum absolute atomic E-state index is 0.00509. The summed E-state index contributed by atoms with van der Waals surface area (Å²) in [4.78, 5) is 22.1. The van der Waals surface area contributed by atoms with Crippen LogP contribution in [0, 0.1) is 5.41 Å². The predicted molar refractivity (Wildman–Crippen MR) is 61.2 cm³/mol. The number of rotatable bonds is 6. The van der Waals surface area contributed by atoms with Crippen molar-refractivity contribution in [2.45, 2.75) is 32.2 Å². The molecule has 1 amide bonds. The van der Waals surface area contributed by atoms with Crippen molar-refractivity contribution in [2.24, 2.45) is 5.41 Å². The SMILES string of the molecule is C[C@H](NC(=O)CC1(CS(C)(=O)=O)CC1)C(=O)O. The lowest BCUT2D eigenvalue weighted by molar-refractivity contribution is -0.141. The van der Waals surface area contributed by atoms with Crippen LogP contribution >= 0.6 is 0 Å². The van der Waals surface area contributed by atoms with Crippen molar-refractivity contribution >= 4 is 21.7 Å². The second-order valence-electron chi connectivity index (χ2n) is 4.87. The molecule has 6 nitrogen and oxygen atoms in total. The molecule has 17 heavy (non-hydrogen) atoms. The molecule has 0 radical (unpaired) electrons. The zero-order valence-corrected chi connectivity index (χ0v) is 10.7. The zero-order valence-electron chi connectivity index (χ0n) is 9.89. The van der Waals surface area contributed by atoms with Crippen molar-refractivity contribution in [3.05, 3.63) is 0 Å². The maximum atomic E-state index is 11.5. The Kier molecular flexibility index (Phi) is 3.81. The minimum Gasteiger partial charge on any atom is -0.480 e. The van der Waals surface area contributed by atoms with E-state index in [-0.39, 0.29) is 12.2 Å². The van der Waals surface area contributed by atoms with Crippen molar-refractivity contribution in [3.8, 4) is 0 Å². The largest absolute Gasteiger partial charge is 0.480 e. The quantitative estimate of drug-likeness (QED) is 0.690. The predicted octanol–water partition coefficient (Wildman–Crippen LogP) is -0.209. The lowest BCUT2D eigenvalue weighted by atomic mass is 10.0. The Hall–Kier alpha value is -1.11. The Morgan fingerprint density at radius 1 is 1.41 bits per heavy atom. The van der Waals surface area contributed by atoms with E-state index in [1.807, 2.05) is 0 Å². The van der Waals surface area contributed by atoms with Gasteiger partial charge < -0.3 is 10.4 Å². The Morgan fingerprint density at radius 2 is 1.94 bits per heavy atom. The fourth-order valence-electron chi connectivity index (χ4n) is 1.80. The summed E-state index contributed by atoms with van der Waals surface area (Å²) in [6.45, 7) is 1.37. The van der Waals surface area contributed by atoms with E-state index in [1.165, 1.54) is 6.92 Å². The van der Waals surface area contributed by atoms with Gasteiger partial charge >= 0.3 is 5.97 Å². The number of carbonyl (C=O) groups excluding carboxylic acids is 1. The number of carbonyl (C=O) groups is 2. The van der Waals surface area contributed by atoms with Crippen LogP contribution in [0.4, 0.5) is 0 Å². The molecular formula is C10H17NO5S. The Morgan fingerprint density at radius 3 is 2.29 bits per heavy atom. The van der Waals surface area contributed by atoms with Crippen LogP contribution in [-0.4, -0.2) is 43.5 Å². The number of hydrogen-bond acceptors (Lipinski definition) is 4. The van der Waals surface area contributed by atoms with Crippen LogP contribution in [0.15, 0.2) is 0 Å². The molecule has 0 heterocycles. The fourth-order valence-corrected chi connectivity index (χ4v) is 3.30. The minimum atomic E-state index is -3.11. The highest BCUT2D eigenvalue weighted by atomic mass is 32.2. The van der Waals surface area contributed by atoms with Gasteiger partial charge in [-0.15, -0.1) is 0 Å². The van der Waals surface area contributed by atoms with Gasteiger partial charge in [-0.1, -0.05) is 0 Å². The summed E-state index contributed by atoms with van der Waals surface area (Å²) in [5, 5.41) is 10.9. The second kappa shape index (κ2) is 4.64. The van der Waals surface area contributed by atoms with Crippen LogP contribution in [0.5, 0.6) is 0 Å². The van der Waals surface area contributed by atoms with E-state index < -0.39 is 33.2 Å². The summed E-state index contributed by atoms with van der Waals surface area (Å²) < 4.78 is 22.3. The van der Waals surface area contributed by atoms with Crippen molar-refractivity contribution in [3.63, 3.8) is 0 Å². The van der Waals surface area contributed by atoms with Gasteiger partial charge in [-0.3, -0.25) is 9.59 Å². The van der Waals surface area contributed by atoms with E-state index in [1.54, 1.807) is 0 Å². The summed E-state index contributed by atoms with van der Waals surface area (Å²) in [6, 6.07) is -0.948. The second-order valence-corrected chi connectivity index (χ2v) is 7.01. The molecule has 0 spiro atoms. The first-order valence-corrected chi connectivity index (χ1v) is 7.40. The summed E-state index contributed by atoms with van der Waals surface area (Å²) in [7, 11) is -3.11. The first-order valence-electron chi connectivity index (χ1n) is 5.33. The highest BCUT2D eigenvalue weighted by Gasteiger charge is 2.46. The van der Waals surface area contributed by atoms with Crippen molar-refractivity contribution in [2.75, 3.05) is 12.0 Å². The summed E-state index contributed by atoms with van der Waals surface area (Å²) in [6.07, 6.45) is 2.63. The molecular weight excluding hydrogens is 246 g/mol. The number of hydrogen-bond donors (Lipinski definition) is 2. The molecule has 1 rings (SSSR count). The zero-order chi connectivity index (χ0) is 13.3. The van der Waals surface area contributed by atoms with Gasteiger partial charge in [0.05, 0.1) is 5.75 Å². The van der Waals surface area contributed by atoms with E-state index >= 15 is 0 Å². The van der Waals surface area contributed by atoms with E-state index in [9.17, 15) is 18.0 Å². The maximum Gasteiger partial charge on any atom is 0.325 e. The van der Waals surface area contributed by atoms with Gasteiger partial charge in [-0.2, -0.15) is 0 Å². The van der Waals surface area contributed by atoms with Crippen molar-refractivity contribution < 1.29 is 23.1 Å². The molecule has 0 aromatic heterocycles. The molecule has 7 heteroatoms. The number of carboxylic acid groups (broad SMARTS) is 1. The first-order chi connectivity index (χ1) is 7.64. The molecule has 1 fully saturated rings. The Balaban J connectivity index is 2.49. The van der Waals surface area contributed by atoms with Gasteiger partial charge in [0.1, 0.15) is 15.9 Å². The topological polar surface area (TPSA) is 101 Å². The average Bonchev–Trinajstić information content (AvgIpc) is 2.80. The van der Waals surface area contributed by atoms with Crippen molar-refractivity contribution in [1.29, 1.82) is 0 Å². The van der Waals surface area contributed by atoms with Crippen LogP contribution in [-0.2, 0) is 19.4 Å². The number of sulfone groups is 1. The van der Waals surface area contributed by atoms with Crippen LogP contribution in [0.2, 0.25) is 0 Å². The smallest absolute Gasteiger partial charge is 0.325 e. The summed E-state index contributed by atoms with van der Waals surface area (Å²) in [5.74, 6) is -1.51. The van der Waals surface area contributed by atoms with Crippen molar-refractivity contribution in [1.82, 2.24) is 5.32 Å². The molecule has 0 bridgehead atoms. The number of nitrogens with one attached hydrogen (secondary N) is 1. The molecule has 1 aliphatic rings. The van der Waals surface area contributed by atoms with Crippen LogP contribution < -0.4 is 5.32 Å². The third-order valence-electron chi connectivity index (χ3n) is 2.81. The highest BCUT2D eigenvalue weighted by molar-refractivity contribution is 7.90. The maximum absolute atomic E-state index is 11.5. The molecule has 2 N–H and O–H groups in total. The normalized spacial score (nSPS) is 19.4. The summed E-state index contributed by atoms with van der Waals surface area (Å²) >= 11 is 0. The van der Waals surface area contributed by atoms with Gasteiger partial charge in [0, 0.05) is 12.7 Å². The first kappa shape index (κ1) is 14.0. The van der Waals surface area contributed by atoms with Gasteiger partial charge in [0.25, 0.3) is 0 Å². The van der Waals surface area contributed by atoms with E-state index in [4.69, 9.17) is 5.11 Å². The molecule has 1 saturated carbocycles. The molecule has 0 aromatic rings. The van der Waals surface area contributed by atoms with E-state index in [0.29, 0.717) is 12.8 Å². The molecule has 0 saturated heterocycles. The lowest BCUT2D eigenvalue weighted by Gasteiger charge is -2.15. The summed E-state index contributed by atoms with van der Waals surface area (Å²) in [5.41, 5.74) is -0.462. The van der Waals surface area contributed by atoms with E-state index in [2.05, 4.69) is 5.32 Å². The Bertz CT molecular complexity index is 424. The van der Waals surface area contributed by atoms with E-state index in [0.717, 1.165) is 6.26 Å². The number of aliphatic carboxylic acids is 1. The number of amides is 1. The fraction of sp³-hybridized carbons (Fsp3) is 0.800. The van der Waals surface area contributed by atoms with Crippen LogP contribution in [0.3, 0.4) is 0 Å². The van der Waals surface area contributed by atoms with Gasteiger partial charge in [0.15, 0.2) is 0 Å². The van der Waals surface area contributed by atoms with Gasteiger partial charge in [0.2, 0.25) is 5.91 Å². The standard InChI is InChI=1S/C10H17NO5S/c1-7(9(13)14)11-8(12)5-10(3-4-10)6-17(2,15)16/h7H,3-6H2,1-2H3,(H,11,12)(H,13,14)/t7-/m0/s1. The molecule has 1 aliphatic carbocycles. The monoisotopic (exact) mass is 263 g/mol. The van der Waals surface area contributed by atoms with Crippen LogP contribution in [0.1, 0.15) is 26.2 Å². The lowest BCUT2D eigenvalue weighted by Crippen LogP contribution is -2.39. The number of carboxylic acids is 1. The molecule has 0 unspecified atom stereocenters. The molecule has 98 valence electrons. The third kappa shape index (κ3) is 4.72.